The molecule has 0 saturated heterocycles. The molecule has 8 heteroatoms. The number of carbonyl (C=O) groups is 1. The lowest BCUT2D eigenvalue weighted by atomic mass is 10.3. The van der Waals surface area contributed by atoms with Crippen LogP contribution in [0.25, 0.3) is 5.65 Å². The number of fused-ring (bicyclic) bond motifs is 1. The van der Waals surface area contributed by atoms with E-state index < -0.39 is 0 Å². The van der Waals surface area contributed by atoms with Crippen molar-refractivity contribution in [2.45, 2.75) is 13.5 Å². The fourth-order valence-electron chi connectivity index (χ4n) is 2.57. The summed E-state index contributed by atoms with van der Waals surface area (Å²) in [5.41, 5.74) is 1.26. The van der Waals surface area contributed by atoms with Crippen molar-refractivity contribution in [2.24, 2.45) is 0 Å². The van der Waals surface area contributed by atoms with Crippen molar-refractivity contribution in [3.05, 3.63) is 80.6 Å². The first-order valence-electron chi connectivity index (χ1n) is 8.16. The Kier molecular flexibility index (Phi) is 4.47. The summed E-state index contributed by atoms with van der Waals surface area (Å²) >= 11 is 1.38. The first-order chi connectivity index (χ1) is 13.1. The number of aryl methyl sites for hydroxylation is 1. The summed E-state index contributed by atoms with van der Waals surface area (Å²) < 4.78 is 12.1. The summed E-state index contributed by atoms with van der Waals surface area (Å²) in [5.74, 6) is 0.994. The van der Waals surface area contributed by atoms with E-state index in [1.54, 1.807) is 43.3 Å². The number of anilines is 1. The number of hydrogen-bond donors (Lipinski definition) is 1. The second kappa shape index (κ2) is 7.08. The molecule has 1 aromatic carbocycles. The standard InChI is InChI=1S/C19H15N3O4S/c1-12-8-17-20-14(10-18(23)22(17)26-12)11-25-15-5-2-4-13(9-15)21-19(24)16-6-3-7-27-16/h2-10H,11H2,1H3,(H,21,24). The van der Waals surface area contributed by atoms with Gasteiger partial charge in [0.1, 0.15) is 18.1 Å². The van der Waals surface area contributed by atoms with Crippen LogP contribution in [0.5, 0.6) is 5.75 Å². The predicted molar refractivity (Wildman–Crippen MR) is 102 cm³/mol. The van der Waals surface area contributed by atoms with Crippen LogP contribution in [0.15, 0.2) is 63.2 Å². The van der Waals surface area contributed by atoms with Gasteiger partial charge in [-0.2, -0.15) is 0 Å². The Bertz CT molecular complexity index is 1160. The van der Waals surface area contributed by atoms with Crippen LogP contribution >= 0.6 is 11.3 Å². The zero-order valence-corrected chi connectivity index (χ0v) is 15.2. The Hall–Kier alpha value is -3.39. The highest BCUT2D eigenvalue weighted by Crippen LogP contribution is 2.20. The molecule has 0 bridgehead atoms. The monoisotopic (exact) mass is 381 g/mol. The van der Waals surface area contributed by atoms with Crippen LogP contribution in [-0.4, -0.2) is 15.5 Å². The molecule has 4 rings (SSSR count). The smallest absolute Gasteiger partial charge is 0.287 e. The van der Waals surface area contributed by atoms with Gasteiger partial charge in [0.15, 0.2) is 5.65 Å². The van der Waals surface area contributed by atoms with E-state index in [-0.39, 0.29) is 18.1 Å². The van der Waals surface area contributed by atoms with Crippen LogP contribution < -0.4 is 15.6 Å². The summed E-state index contributed by atoms with van der Waals surface area (Å²) in [6.07, 6.45) is 0. The maximum atomic E-state index is 12.1. The Labute approximate surface area is 157 Å². The molecule has 1 amide bonds. The van der Waals surface area contributed by atoms with Gasteiger partial charge < -0.3 is 14.6 Å². The van der Waals surface area contributed by atoms with E-state index in [2.05, 4.69) is 10.3 Å². The zero-order chi connectivity index (χ0) is 18.8. The minimum Gasteiger partial charge on any atom is -0.487 e. The number of aromatic nitrogens is 2. The third-order valence-corrected chi connectivity index (χ3v) is 4.62. The number of amides is 1. The molecule has 1 N–H and O–H groups in total. The summed E-state index contributed by atoms with van der Waals surface area (Å²) in [6.45, 7) is 1.87. The highest BCUT2D eigenvalue weighted by Gasteiger charge is 2.09. The van der Waals surface area contributed by atoms with Gasteiger partial charge in [-0.15, -0.1) is 15.9 Å². The number of nitrogens with zero attached hydrogens (tertiary/aromatic N) is 2. The lowest BCUT2D eigenvalue weighted by Gasteiger charge is -2.08. The fourth-order valence-corrected chi connectivity index (χ4v) is 3.19. The maximum absolute atomic E-state index is 12.1. The molecule has 0 atom stereocenters. The van der Waals surface area contributed by atoms with Gasteiger partial charge in [0, 0.05) is 23.9 Å². The van der Waals surface area contributed by atoms with Crippen molar-refractivity contribution in [2.75, 3.05) is 5.32 Å². The number of benzene rings is 1. The van der Waals surface area contributed by atoms with Gasteiger partial charge in [0.2, 0.25) is 0 Å². The number of hydrogen-bond acceptors (Lipinski definition) is 6. The molecular formula is C19H15N3O4S. The number of rotatable bonds is 5. The number of nitrogens with one attached hydrogen (secondary N) is 1. The third-order valence-electron chi connectivity index (χ3n) is 3.75. The summed E-state index contributed by atoms with van der Waals surface area (Å²) in [5, 5.41) is 4.68. The lowest BCUT2D eigenvalue weighted by molar-refractivity contribution is 0.103. The van der Waals surface area contributed by atoms with Gasteiger partial charge >= 0.3 is 0 Å². The van der Waals surface area contributed by atoms with Gasteiger partial charge in [-0.3, -0.25) is 9.59 Å². The Morgan fingerprint density at radius 1 is 1.26 bits per heavy atom. The quantitative estimate of drug-likeness (QED) is 0.572. The largest absolute Gasteiger partial charge is 0.487 e. The molecule has 0 spiro atoms. The van der Waals surface area contributed by atoms with Crippen molar-refractivity contribution in [1.82, 2.24) is 9.56 Å². The van der Waals surface area contributed by atoms with E-state index in [1.807, 2.05) is 11.4 Å². The minimum atomic E-state index is -0.302. The van der Waals surface area contributed by atoms with Crippen molar-refractivity contribution < 1.29 is 14.1 Å². The van der Waals surface area contributed by atoms with Crippen molar-refractivity contribution >= 4 is 28.6 Å². The normalized spacial score (nSPS) is 10.9. The molecule has 27 heavy (non-hydrogen) atoms. The summed E-state index contributed by atoms with van der Waals surface area (Å²) in [7, 11) is 0. The van der Waals surface area contributed by atoms with E-state index in [0.717, 1.165) is 4.57 Å². The molecule has 0 aliphatic carbocycles. The predicted octanol–water partition coefficient (Wildman–Crippen LogP) is 3.49. The molecule has 3 aromatic heterocycles. The third kappa shape index (κ3) is 3.75. The molecule has 0 aliphatic rings. The number of ether oxygens (including phenoxy) is 1. The molecular weight excluding hydrogens is 366 g/mol. The Morgan fingerprint density at radius 2 is 2.15 bits per heavy atom. The van der Waals surface area contributed by atoms with Crippen LogP contribution in [0.3, 0.4) is 0 Å². The summed E-state index contributed by atoms with van der Waals surface area (Å²) in [6, 6.07) is 13.7. The maximum Gasteiger partial charge on any atom is 0.287 e. The molecule has 0 unspecified atom stereocenters. The second-order valence-corrected chi connectivity index (χ2v) is 6.78. The average Bonchev–Trinajstić information content (AvgIpc) is 3.30. The van der Waals surface area contributed by atoms with Crippen molar-refractivity contribution in [3.63, 3.8) is 0 Å². The van der Waals surface area contributed by atoms with Crippen molar-refractivity contribution in [1.29, 1.82) is 0 Å². The van der Waals surface area contributed by atoms with Crippen molar-refractivity contribution in [3.8, 4) is 5.75 Å². The van der Waals surface area contributed by atoms with E-state index in [4.69, 9.17) is 9.26 Å². The molecule has 3 heterocycles. The van der Waals surface area contributed by atoms with E-state index >= 15 is 0 Å². The van der Waals surface area contributed by atoms with Crippen LogP contribution in [0.2, 0.25) is 0 Å². The first kappa shape index (κ1) is 17.0. The van der Waals surface area contributed by atoms with Crippen LogP contribution in [0.4, 0.5) is 5.69 Å². The minimum absolute atomic E-state index is 0.123. The highest BCUT2D eigenvalue weighted by molar-refractivity contribution is 7.12. The van der Waals surface area contributed by atoms with Crippen LogP contribution in [-0.2, 0) is 6.61 Å². The van der Waals surface area contributed by atoms with Crippen LogP contribution in [0.1, 0.15) is 21.1 Å². The average molecular weight is 381 g/mol. The SMILES string of the molecule is Cc1cc2nc(COc3cccc(NC(=O)c4cccs4)c3)cc(=O)n2o1. The fraction of sp³-hybridized carbons (Fsp3) is 0.105. The topological polar surface area (TPSA) is 85.8 Å². The molecule has 7 nitrogen and oxygen atoms in total. The van der Waals surface area contributed by atoms with Gasteiger partial charge in [-0.1, -0.05) is 12.1 Å². The van der Waals surface area contributed by atoms with Crippen LogP contribution in [0, 0.1) is 6.92 Å². The lowest BCUT2D eigenvalue weighted by Crippen LogP contribution is -2.14. The second-order valence-electron chi connectivity index (χ2n) is 5.83. The molecule has 0 radical (unpaired) electrons. The van der Waals surface area contributed by atoms with Gasteiger partial charge in [0.05, 0.1) is 10.6 Å². The van der Waals surface area contributed by atoms with E-state index in [9.17, 15) is 9.59 Å². The number of thiophene rings is 1. The van der Waals surface area contributed by atoms with E-state index in [0.29, 0.717) is 33.4 Å². The molecule has 0 fully saturated rings. The highest BCUT2D eigenvalue weighted by atomic mass is 32.1. The van der Waals surface area contributed by atoms with E-state index in [1.165, 1.54) is 17.4 Å². The molecule has 136 valence electrons. The molecule has 0 saturated carbocycles. The molecule has 4 aromatic rings. The van der Waals surface area contributed by atoms with Gasteiger partial charge in [-0.05, 0) is 30.5 Å². The Balaban J connectivity index is 1.47. The number of carbonyl (C=O) groups excluding carboxylic acids is 1. The van der Waals surface area contributed by atoms with Gasteiger partial charge in [-0.25, -0.2) is 4.98 Å². The Morgan fingerprint density at radius 3 is 2.96 bits per heavy atom. The molecule has 0 aliphatic heterocycles. The first-order valence-corrected chi connectivity index (χ1v) is 9.04. The summed E-state index contributed by atoms with van der Waals surface area (Å²) in [4.78, 5) is 29.2. The van der Waals surface area contributed by atoms with Gasteiger partial charge in [0.25, 0.3) is 11.5 Å². The zero-order valence-electron chi connectivity index (χ0n) is 14.3.